The topological polar surface area (TPSA) is 32.3 Å². The van der Waals surface area contributed by atoms with Gasteiger partial charge in [0.05, 0.1) is 6.61 Å². The van der Waals surface area contributed by atoms with Crippen molar-refractivity contribution < 1.29 is 5.11 Å². The Balaban J connectivity index is 1.85. The zero-order valence-corrected chi connectivity index (χ0v) is 10.7. The van der Waals surface area contributed by atoms with Crippen LogP contribution in [0.25, 0.3) is 0 Å². The van der Waals surface area contributed by atoms with Gasteiger partial charge in [0.25, 0.3) is 0 Å². The van der Waals surface area contributed by atoms with Crippen molar-refractivity contribution >= 4 is 0 Å². The van der Waals surface area contributed by atoms with E-state index in [1.54, 1.807) is 0 Å². The van der Waals surface area contributed by atoms with Crippen molar-refractivity contribution in [2.75, 3.05) is 6.61 Å². The van der Waals surface area contributed by atoms with E-state index < -0.39 is 0 Å². The van der Waals surface area contributed by atoms with Crippen LogP contribution >= 0.6 is 0 Å². The summed E-state index contributed by atoms with van der Waals surface area (Å²) in [6, 6.07) is 10.4. The SMILES string of the molecule is CC(CO)(CC1CCC1)NCc1ccccc1. The second-order valence-electron chi connectivity index (χ2n) is 5.56. The van der Waals surface area contributed by atoms with Crippen molar-refractivity contribution in [2.24, 2.45) is 5.92 Å². The summed E-state index contributed by atoms with van der Waals surface area (Å²) in [5.41, 5.74) is 1.15. The molecule has 1 unspecified atom stereocenters. The minimum atomic E-state index is -0.124. The smallest absolute Gasteiger partial charge is 0.0610 e. The van der Waals surface area contributed by atoms with Crippen molar-refractivity contribution in [1.82, 2.24) is 5.32 Å². The van der Waals surface area contributed by atoms with E-state index in [1.807, 2.05) is 6.07 Å². The Hall–Kier alpha value is -0.860. The van der Waals surface area contributed by atoms with Gasteiger partial charge in [-0.1, -0.05) is 49.6 Å². The first-order chi connectivity index (χ1) is 8.22. The third kappa shape index (κ3) is 3.55. The number of hydrogen-bond acceptors (Lipinski definition) is 2. The molecule has 2 nitrogen and oxygen atoms in total. The zero-order valence-electron chi connectivity index (χ0n) is 10.7. The second-order valence-corrected chi connectivity index (χ2v) is 5.56. The van der Waals surface area contributed by atoms with Crippen molar-refractivity contribution in [1.29, 1.82) is 0 Å². The van der Waals surface area contributed by atoms with Crippen LogP contribution in [-0.2, 0) is 6.54 Å². The Morgan fingerprint density at radius 1 is 1.29 bits per heavy atom. The molecule has 1 aliphatic carbocycles. The highest BCUT2D eigenvalue weighted by Crippen LogP contribution is 2.33. The molecule has 1 aromatic rings. The number of hydrogen-bond donors (Lipinski definition) is 2. The van der Waals surface area contributed by atoms with Crippen LogP contribution in [0.15, 0.2) is 30.3 Å². The van der Waals surface area contributed by atoms with Gasteiger partial charge in [-0.15, -0.1) is 0 Å². The monoisotopic (exact) mass is 233 g/mol. The quantitative estimate of drug-likeness (QED) is 0.792. The van der Waals surface area contributed by atoms with Gasteiger partial charge in [0.2, 0.25) is 0 Å². The molecular weight excluding hydrogens is 210 g/mol. The Labute approximate surface area is 104 Å². The number of benzene rings is 1. The molecule has 0 heterocycles. The lowest BCUT2D eigenvalue weighted by atomic mass is 9.76. The maximum atomic E-state index is 9.57. The zero-order chi connectivity index (χ0) is 12.1. The summed E-state index contributed by atoms with van der Waals surface area (Å²) in [5.74, 6) is 0.815. The summed E-state index contributed by atoms with van der Waals surface area (Å²) in [6.45, 7) is 3.19. The average molecular weight is 233 g/mol. The molecule has 0 radical (unpaired) electrons. The molecule has 0 spiro atoms. The van der Waals surface area contributed by atoms with Crippen LogP contribution in [0.2, 0.25) is 0 Å². The van der Waals surface area contributed by atoms with Crippen LogP contribution in [0.1, 0.15) is 38.2 Å². The maximum Gasteiger partial charge on any atom is 0.0610 e. The molecule has 2 N–H and O–H groups in total. The van der Waals surface area contributed by atoms with Crippen molar-refractivity contribution in [3.8, 4) is 0 Å². The van der Waals surface area contributed by atoms with Gasteiger partial charge >= 0.3 is 0 Å². The third-order valence-electron chi connectivity index (χ3n) is 3.88. The number of nitrogens with one attached hydrogen (secondary N) is 1. The normalized spacial score (nSPS) is 19.6. The molecule has 1 atom stereocenters. The van der Waals surface area contributed by atoms with E-state index >= 15 is 0 Å². The minimum absolute atomic E-state index is 0.124. The van der Waals surface area contributed by atoms with E-state index in [0.717, 1.165) is 18.9 Å². The van der Waals surface area contributed by atoms with Crippen molar-refractivity contribution in [3.05, 3.63) is 35.9 Å². The molecule has 17 heavy (non-hydrogen) atoms. The summed E-state index contributed by atoms with van der Waals surface area (Å²) in [7, 11) is 0. The molecule has 94 valence electrons. The van der Waals surface area contributed by atoms with E-state index in [4.69, 9.17) is 0 Å². The molecular formula is C15H23NO. The number of aliphatic hydroxyl groups excluding tert-OH is 1. The van der Waals surface area contributed by atoms with E-state index in [2.05, 4.69) is 36.5 Å². The predicted molar refractivity (Wildman–Crippen MR) is 70.7 cm³/mol. The predicted octanol–water partition coefficient (Wildman–Crippen LogP) is 2.72. The van der Waals surface area contributed by atoms with Gasteiger partial charge in [-0.3, -0.25) is 0 Å². The number of aliphatic hydroxyl groups is 1. The first-order valence-electron chi connectivity index (χ1n) is 6.62. The van der Waals surface area contributed by atoms with Gasteiger partial charge in [-0.25, -0.2) is 0 Å². The van der Waals surface area contributed by atoms with Crippen LogP contribution < -0.4 is 5.32 Å². The molecule has 1 saturated carbocycles. The van der Waals surface area contributed by atoms with Crippen LogP contribution in [0, 0.1) is 5.92 Å². The molecule has 1 aromatic carbocycles. The first-order valence-corrected chi connectivity index (χ1v) is 6.62. The Bertz CT molecular complexity index is 334. The molecule has 0 amide bonds. The standard InChI is InChI=1S/C15H23NO/c1-15(12-17,10-13-8-5-9-13)16-11-14-6-3-2-4-7-14/h2-4,6-7,13,16-17H,5,8-12H2,1H3. The molecule has 0 bridgehead atoms. The molecule has 0 aromatic heterocycles. The van der Waals surface area contributed by atoms with E-state index in [1.165, 1.54) is 24.8 Å². The fraction of sp³-hybridized carbons (Fsp3) is 0.600. The third-order valence-corrected chi connectivity index (χ3v) is 3.88. The summed E-state index contributed by atoms with van der Waals surface area (Å²) in [4.78, 5) is 0. The summed E-state index contributed by atoms with van der Waals surface area (Å²) < 4.78 is 0. The lowest BCUT2D eigenvalue weighted by molar-refractivity contribution is 0.123. The highest BCUT2D eigenvalue weighted by atomic mass is 16.3. The Morgan fingerprint density at radius 2 is 2.00 bits per heavy atom. The Morgan fingerprint density at radius 3 is 2.53 bits per heavy atom. The lowest BCUT2D eigenvalue weighted by Gasteiger charge is -2.36. The Kier molecular flexibility index (Phi) is 4.19. The van der Waals surface area contributed by atoms with Crippen LogP contribution in [-0.4, -0.2) is 17.3 Å². The average Bonchev–Trinajstić information content (AvgIpc) is 2.33. The van der Waals surface area contributed by atoms with Gasteiger partial charge in [0.1, 0.15) is 0 Å². The van der Waals surface area contributed by atoms with Crippen LogP contribution in [0.5, 0.6) is 0 Å². The lowest BCUT2D eigenvalue weighted by Crippen LogP contribution is -2.47. The van der Waals surface area contributed by atoms with Crippen LogP contribution in [0.3, 0.4) is 0 Å². The molecule has 2 heteroatoms. The molecule has 0 saturated heterocycles. The molecule has 2 rings (SSSR count). The maximum absolute atomic E-state index is 9.57. The van der Waals surface area contributed by atoms with E-state index in [0.29, 0.717) is 0 Å². The van der Waals surface area contributed by atoms with Gasteiger partial charge < -0.3 is 10.4 Å². The van der Waals surface area contributed by atoms with Crippen molar-refractivity contribution in [3.63, 3.8) is 0 Å². The van der Waals surface area contributed by atoms with Crippen LogP contribution in [0.4, 0.5) is 0 Å². The highest BCUT2D eigenvalue weighted by Gasteiger charge is 2.29. The van der Waals surface area contributed by atoms with Crippen molar-refractivity contribution in [2.45, 2.75) is 44.7 Å². The summed E-state index contributed by atoms with van der Waals surface area (Å²) in [6.07, 6.45) is 5.13. The van der Waals surface area contributed by atoms with E-state index in [-0.39, 0.29) is 12.1 Å². The molecule has 0 aliphatic heterocycles. The minimum Gasteiger partial charge on any atom is -0.394 e. The van der Waals surface area contributed by atoms with Gasteiger partial charge in [-0.2, -0.15) is 0 Å². The summed E-state index contributed by atoms with van der Waals surface area (Å²) >= 11 is 0. The molecule has 1 aliphatic rings. The highest BCUT2D eigenvalue weighted by molar-refractivity contribution is 5.14. The van der Waals surface area contributed by atoms with Gasteiger partial charge in [0.15, 0.2) is 0 Å². The molecule has 1 fully saturated rings. The number of rotatable bonds is 6. The van der Waals surface area contributed by atoms with Gasteiger partial charge in [-0.05, 0) is 24.8 Å². The van der Waals surface area contributed by atoms with E-state index in [9.17, 15) is 5.11 Å². The largest absolute Gasteiger partial charge is 0.394 e. The fourth-order valence-corrected chi connectivity index (χ4v) is 2.44. The first kappa shape index (κ1) is 12.6. The second kappa shape index (κ2) is 5.65. The fourth-order valence-electron chi connectivity index (χ4n) is 2.44. The van der Waals surface area contributed by atoms with Gasteiger partial charge in [0, 0.05) is 12.1 Å². The summed E-state index contributed by atoms with van der Waals surface area (Å²) in [5, 5.41) is 13.1.